The fraction of sp³-hybridized carbons (Fsp3) is 0.643. The van der Waals surface area contributed by atoms with Crippen molar-refractivity contribution in [2.45, 2.75) is 38.4 Å². The average Bonchev–Trinajstić information content (AvgIpc) is 3.26. The molecule has 0 bridgehead atoms. The van der Waals surface area contributed by atoms with Crippen LogP contribution in [0.2, 0.25) is 0 Å². The molecular formula is C14H20BrF3N4. The monoisotopic (exact) mass is 380 g/mol. The Labute approximate surface area is 136 Å². The second kappa shape index (κ2) is 8.57. The van der Waals surface area contributed by atoms with Gasteiger partial charge in [0, 0.05) is 35.6 Å². The number of hydrogen-bond acceptors (Lipinski definition) is 3. The summed E-state index contributed by atoms with van der Waals surface area (Å²) in [4.78, 5) is 10.9. The van der Waals surface area contributed by atoms with E-state index < -0.39 is 12.0 Å². The molecule has 0 aliphatic heterocycles. The van der Waals surface area contributed by atoms with E-state index in [1.54, 1.807) is 7.05 Å². The minimum Gasteiger partial charge on any atom is -0.312 e. The third-order valence-corrected chi connectivity index (χ3v) is 3.85. The van der Waals surface area contributed by atoms with Gasteiger partial charge in [-0.05, 0) is 33.5 Å². The Morgan fingerprint density at radius 1 is 1.45 bits per heavy atom. The zero-order valence-electron chi connectivity index (χ0n) is 12.6. The van der Waals surface area contributed by atoms with Gasteiger partial charge in [0.15, 0.2) is 0 Å². The van der Waals surface area contributed by atoms with Gasteiger partial charge in [-0.3, -0.25) is 9.98 Å². The van der Waals surface area contributed by atoms with Crippen molar-refractivity contribution in [1.82, 2.24) is 5.32 Å². The molecule has 1 saturated carbocycles. The maximum absolute atomic E-state index is 12.7. The molecule has 8 heteroatoms. The second-order valence-electron chi connectivity index (χ2n) is 4.90. The van der Waals surface area contributed by atoms with Crippen LogP contribution in [0.4, 0.5) is 13.2 Å². The quantitative estimate of drug-likeness (QED) is 0.530. The van der Waals surface area contributed by atoms with Crippen molar-refractivity contribution < 1.29 is 13.2 Å². The second-order valence-corrected chi connectivity index (χ2v) is 5.85. The van der Waals surface area contributed by atoms with E-state index in [0.29, 0.717) is 12.3 Å². The molecule has 124 valence electrons. The molecule has 1 aliphatic carbocycles. The molecule has 1 N–H and O–H groups in total. The number of allylic oxidation sites excluding steroid dienone is 1. The summed E-state index contributed by atoms with van der Waals surface area (Å²) >= 11 is 3.46. The van der Waals surface area contributed by atoms with Crippen LogP contribution >= 0.6 is 15.9 Å². The fourth-order valence-corrected chi connectivity index (χ4v) is 2.63. The molecule has 1 aliphatic rings. The van der Waals surface area contributed by atoms with Crippen LogP contribution in [0.5, 0.6) is 0 Å². The van der Waals surface area contributed by atoms with Gasteiger partial charge in [0.25, 0.3) is 0 Å². The van der Waals surface area contributed by atoms with Gasteiger partial charge in [-0.2, -0.15) is 13.2 Å². The number of nitrogens with zero attached hydrogens (tertiary/aromatic N) is 3. The number of hydrogen-bond donors (Lipinski definition) is 1. The molecule has 0 radical (unpaired) electrons. The van der Waals surface area contributed by atoms with Gasteiger partial charge in [-0.25, -0.2) is 4.99 Å². The third-order valence-electron chi connectivity index (χ3n) is 3.12. The lowest BCUT2D eigenvalue weighted by atomic mass is 10.1. The van der Waals surface area contributed by atoms with E-state index in [2.05, 4.69) is 42.9 Å². The van der Waals surface area contributed by atoms with Crippen LogP contribution in [0.3, 0.4) is 0 Å². The van der Waals surface area contributed by atoms with Crippen LogP contribution in [0.25, 0.3) is 0 Å². The van der Waals surface area contributed by atoms with E-state index in [0.717, 1.165) is 23.0 Å². The highest BCUT2D eigenvalue weighted by Crippen LogP contribution is 2.40. The van der Waals surface area contributed by atoms with E-state index in [9.17, 15) is 13.2 Å². The van der Waals surface area contributed by atoms with Crippen LogP contribution in [0, 0.1) is 5.92 Å². The maximum atomic E-state index is 12.7. The SMILES string of the molecule is C=N/C(=C(/Br)CC(/C=N\C(=N/CC)C(F)(F)F)NC)C1CC1. The summed E-state index contributed by atoms with van der Waals surface area (Å²) < 4.78 is 39.0. The van der Waals surface area contributed by atoms with Crippen LogP contribution in [0.15, 0.2) is 25.2 Å². The number of alkyl halides is 3. The molecule has 0 amide bonds. The van der Waals surface area contributed by atoms with Gasteiger partial charge >= 0.3 is 6.18 Å². The number of aliphatic imine (C=N–C) groups is 3. The molecule has 1 fully saturated rings. The normalized spacial score (nSPS) is 19.3. The van der Waals surface area contributed by atoms with Crippen molar-refractivity contribution in [3.8, 4) is 0 Å². The number of halogens is 4. The van der Waals surface area contributed by atoms with Gasteiger partial charge in [0.1, 0.15) is 0 Å². The van der Waals surface area contributed by atoms with Crippen molar-refractivity contribution >= 4 is 34.7 Å². The Morgan fingerprint density at radius 3 is 2.50 bits per heavy atom. The van der Waals surface area contributed by atoms with Crippen molar-refractivity contribution in [3.05, 3.63) is 10.2 Å². The van der Waals surface area contributed by atoms with Gasteiger partial charge < -0.3 is 5.32 Å². The molecule has 0 saturated heterocycles. The lowest BCUT2D eigenvalue weighted by Gasteiger charge is -2.13. The Hall–Kier alpha value is -1.02. The first-order valence-electron chi connectivity index (χ1n) is 7.01. The topological polar surface area (TPSA) is 49.1 Å². The van der Waals surface area contributed by atoms with E-state index in [-0.39, 0.29) is 12.6 Å². The van der Waals surface area contributed by atoms with Gasteiger partial charge in [0.05, 0.1) is 5.70 Å². The number of rotatable bonds is 7. The number of nitrogens with one attached hydrogen (secondary N) is 1. The third kappa shape index (κ3) is 6.00. The van der Waals surface area contributed by atoms with Crippen molar-refractivity contribution in [2.24, 2.45) is 20.9 Å². The van der Waals surface area contributed by atoms with Crippen LogP contribution in [-0.4, -0.2) is 44.6 Å². The van der Waals surface area contributed by atoms with Crippen molar-refractivity contribution in [3.63, 3.8) is 0 Å². The van der Waals surface area contributed by atoms with E-state index in [1.807, 2.05) is 0 Å². The molecule has 0 spiro atoms. The molecule has 0 heterocycles. The summed E-state index contributed by atoms with van der Waals surface area (Å²) in [5.74, 6) is -0.701. The highest BCUT2D eigenvalue weighted by molar-refractivity contribution is 9.11. The Kier molecular flexibility index (Phi) is 7.41. The van der Waals surface area contributed by atoms with Gasteiger partial charge in [-0.15, -0.1) is 0 Å². The largest absolute Gasteiger partial charge is 0.451 e. The zero-order chi connectivity index (χ0) is 16.8. The maximum Gasteiger partial charge on any atom is 0.451 e. The minimum atomic E-state index is -4.54. The molecule has 0 aromatic heterocycles. The number of amidine groups is 1. The Balaban J connectivity index is 2.81. The first-order chi connectivity index (χ1) is 10.3. The van der Waals surface area contributed by atoms with Crippen LogP contribution in [0.1, 0.15) is 26.2 Å². The molecule has 1 atom stereocenters. The summed E-state index contributed by atoms with van der Waals surface area (Å²) in [5, 5.41) is 2.92. The summed E-state index contributed by atoms with van der Waals surface area (Å²) in [7, 11) is 1.67. The lowest BCUT2D eigenvalue weighted by Crippen LogP contribution is -2.29. The minimum absolute atomic E-state index is 0.0339. The van der Waals surface area contributed by atoms with E-state index >= 15 is 0 Å². The zero-order valence-corrected chi connectivity index (χ0v) is 14.2. The predicted octanol–water partition coefficient (Wildman–Crippen LogP) is 3.73. The fourth-order valence-electron chi connectivity index (χ4n) is 1.83. The van der Waals surface area contributed by atoms with E-state index in [4.69, 9.17) is 0 Å². The molecule has 1 unspecified atom stereocenters. The van der Waals surface area contributed by atoms with Crippen molar-refractivity contribution in [1.29, 1.82) is 0 Å². The molecule has 0 aromatic carbocycles. The summed E-state index contributed by atoms with van der Waals surface area (Å²) in [6, 6.07) is -0.353. The van der Waals surface area contributed by atoms with Crippen LogP contribution < -0.4 is 5.32 Å². The standard InChI is InChI=1S/C14H20BrF3N4/c1-4-21-13(14(16,17)18)22-8-10(19-2)7-11(15)12(20-3)9-5-6-9/h8-10,19H,3-7H2,1-2H3/b12-11+,21-13-,22-8-. The van der Waals surface area contributed by atoms with Gasteiger partial charge in [-0.1, -0.05) is 15.9 Å². The molecule has 4 nitrogen and oxygen atoms in total. The first-order valence-corrected chi connectivity index (χ1v) is 7.81. The van der Waals surface area contributed by atoms with Crippen molar-refractivity contribution in [2.75, 3.05) is 13.6 Å². The van der Waals surface area contributed by atoms with Crippen LogP contribution in [-0.2, 0) is 0 Å². The van der Waals surface area contributed by atoms with Gasteiger partial charge in [0.2, 0.25) is 5.84 Å². The molecule has 0 aromatic rings. The predicted molar refractivity (Wildman–Crippen MR) is 88.2 cm³/mol. The average molecular weight is 381 g/mol. The molecule has 1 rings (SSSR count). The Morgan fingerprint density at radius 2 is 2.09 bits per heavy atom. The summed E-state index contributed by atoms with van der Waals surface area (Å²) in [6.45, 7) is 5.12. The highest BCUT2D eigenvalue weighted by Gasteiger charge is 2.35. The molecular weight excluding hydrogens is 361 g/mol. The lowest BCUT2D eigenvalue weighted by molar-refractivity contribution is -0.0598. The van der Waals surface area contributed by atoms with E-state index in [1.165, 1.54) is 13.1 Å². The Bertz CT molecular complexity index is 479. The summed E-state index contributed by atoms with van der Waals surface area (Å²) in [5.41, 5.74) is 0.881. The summed E-state index contributed by atoms with van der Waals surface area (Å²) in [6.07, 6.45) is -0.703. The first kappa shape index (κ1) is 19.0. The highest BCUT2D eigenvalue weighted by atomic mass is 79.9. The molecule has 22 heavy (non-hydrogen) atoms. The smallest absolute Gasteiger partial charge is 0.312 e.